The highest BCUT2D eigenvalue weighted by Crippen LogP contribution is 2.29. The van der Waals surface area contributed by atoms with Crippen molar-refractivity contribution < 1.29 is 4.74 Å². The van der Waals surface area contributed by atoms with E-state index in [-0.39, 0.29) is 5.57 Å². The fourth-order valence-electron chi connectivity index (χ4n) is 2.47. The molecule has 0 amide bonds. The van der Waals surface area contributed by atoms with Crippen LogP contribution in [-0.4, -0.2) is 11.9 Å². The average molecular weight is 325 g/mol. The van der Waals surface area contributed by atoms with Crippen molar-refractivity contribution in [1.29, 1.82) is 10.5 Å². The summed E-state index contributed by atoms with van der Waals surface area (Å²) in [6.07, 6.45) is 13.1. The van der Waals surface area contributed by atoms with Crippen LogP contribution in [0.15, 0.2) is 95.6 Å². The predicted octanol–water partition coefficient (Wildman–Crippen LogP) is 4.18. The number of likely N-dealkylation sites (N-methyl/N-ethyl adjacent to an activating group) is 1. The Morgan fingerprint density at radius 3 is 2.52 bits per heavy atom. The van der Waals surface area contributed by atoms with Gasteiger partial charge in [-0.05, 0) is 24.3 Å². The molecule has 2 heterocycles. The van der Waals surface area contributed by atoms with Gasteiger partial charge in [0.2, 0.25) is 0 Å². The van der Waals surface area contributed by atoms with E-state index in [4.69, 9.17) is 4.74 Å². The summed E-state index contributed by atoms with van der Waals surface area (Å²) in [6, 6.07) is 13.5. The predicted molar refractivity (Wildman–Crippen MR) is 96.0 cm³/mol. The smallest absolute Gasteiger partial charge is 0.137 e. The van der Waals surface area contributed by atoms with E-state index in [1.165, 1.54) is 0 Å². The Morgan fingerprint density at radius 1 is 1.08 bits per heavy atom. The zero-order chi connectivity index (χ0) is 17.6. The Bertz CT molecular complexity index is 929. The van der Waals surface area contributed by atoms with E-state index in [2.05, 4.69) is 0 Å². The van der Waals surface area contributed by atoms with Gasteiger partial charge in [-0.1, -0.05) is 36.4 Å². The van der Waals surface area contributed by atoms with Crippen molar-refractivity contribution in [2.75, 3.05) is 7.05 Å². The summed E-state index contributed by atoms with van der Waals surface area (Å²) in [7, 11) is 1.94. The van der Waals surface area contributed by atoms with Crippen LogP contribution >= 0.6 is 0 Å². The van der Waals surface area contributed by atoms with Crippen molar-refractivity contribution in [2.24, 2.45) is 0 Å². The van der Waals surface area contributed by atoms with E-state index >= 15 is 0 Å². The Balaban J connectivity index is 2.06. The number of rotatable bonds is 2. The fourth-order valence-corrected chi connectivity index (χ4v) is 2.47. The molecule has 0 fully saturated rings. The van der Waals surface area contributed by atoms with E-state index in [1.54, 1.807) is 12.2 Å². The van der Waals surface area contributed by atoms with E-state index in [0.29, 0.717) is 17.1 Å². The van der Waals surface area contributed by atoms with Crippen LogP contribution in [0.3, 0.4) is 0 Å². The molecule has 3 rings (SSSR count). The molecule has 4 heteroatoms. The first-order valence-electron chi connectivity index (χ1n) is 7.72. The molecule has 0 radical (unpaired) electrons. The molecule has 0 unspecified atom stereocenters. The first kappa shape index (κ1) is 16.1. The molecule has 25 heavy (non-hydrogen) atoms. The second-order valence-corrected chi connectivity index (χ2v) is 5.46. The molecule has 1 aromatic rings. The van der Waals surface area contributed by atoms with E-state index < -0.39 is 0 Å². The van der Waals surface area contributed by atoms with Gasteiger partial charge >= 0.3 is 0 Å². The van der Waals surface area contributed by atoms with Crippen LogP contribution in [-0.2, 0) is 4.74 Å². The van der Waals surface area contributed by atoms with Crippen LogP contribution in [0.1, 0.15) is 5.56 Å². The van der Waals surface area contributed by atoms with Crippen LogP contribution in [0.5, 0.6) is 0 Å². The summed E-state index contributed by atoms with van der Waals surface area (Å²) in [5.41, 5.74) is 2.42. The quantitative estimate of drug-likeness (QED) is 0.765. The molecule has 0 N–H and O–H groups in total. The summed E-state index contributed by atoms with van der Waals surface area (Å²) in [6.45, 7) is 0. The fraction of sp³-hybridized carbons (Fsp3) is 0.0476. The molecule has 0 aromatic heterocycles. The third kappa shape index (κ3) is 3.60. The second-order valence-electron chi connectivity index (χ2n) is 5.46. The Labute approximate surface area is 146 Å². The summed E-state index contributed by atoms with van der Waals surface area (Å²) in [5, 5.41) is 18.4. The third-order valence-corrected chi connectivity index (χ3v) is 3.77. The average Bonchev–Trinajstić information content (AvgIpc) is 2.65. The van der Waals surface area contributed by atoms with Gasteiger partial charge in [0.05, 0.1) is 0 Å². The highest BCUT2D eigenvalue weighted by Gasteiger charge is 2.16. The van der Waals surface area contributed by atoms with E-state index in [0.717, 1.165) is 11.3 Å². The number of allylic oxidation sites excluding steroid dienone is 8. The van der Waals surface area contributed by atoms with Gasteiger partial charge in [0.15, 0.2) is 0 Å². The molecule has 2 aliphatic heterocycles. The van der Waals surface area contributed by atoms with Gasteiger partial charge in [-0.25, -0.2) is 0 Å². The Hall–Kier alpha value is -3.76. The number of benzene rings is 1. The minimum Gasteiger partial charge on any atom is -0.457 e. The monoisotopic (exact) mass is 325 g/mol. The minimum absolute atomic E-state index is 0.0556. The van der Waals surface area contributed by atoms with Gasteiger partial charge < -0.3 is 9.64 Å². The summed E-state index contributed by atoms with van der Waals surface area (Å²) in [5.74, 6) is 1.17. The number of hydrogen-bond acceptors (Lipinski definition) is 4. The Morgan fingerprint density at radius 2 is 1.84 bits per heavy atom. The lowest BCUT2D eigenvalue weighted by molar-refractivity contribution is 0.393. The molecule has 4 nitrogen and oxygen atoms in total. The van der Waals surface area contributed by atoms with Crippen molar-refractivity contribution in [3.8, 4) is 12.1 Å². The van der Waals surface area contributed by atoms with Gasteiger partial charge in [-0.2, -0.15) is 10.5 Å². The number of ether oxygens (including phenoxy) is 1. The third-order valence-electron chi connectivity index (χ3n) is 3.77. The highest BCUT2D eigenvalue weighted by molar-refractivity contribution is 5.70. The standard InChI is InChI=1S/C21H15N3O/c1-24-10-6-5-9-19(24)13-20-11-17(18(14-22)15-23)12-21(25-20)16-7-3-2-4-8-16/h2-13H,1H3. The molecule has 0 bridgehead atoms. The molecule has 1 aromatic carbocycles. The maximum Gasteiger partial charge on any atom is 0.137 e. The van der Waals surface area contributed by atoms with Crippen molar-refractivity contribution in [2.45, 2.75) is 0 Å². The zero-order valence-corrected chi connectivity index (χ0v) is 13.7. The van der Waals surface area contributed by atoms with Gasteiger partial charge in [-0.15, -0.1) is 0 Å². The highest BCUT2D eigenvalue weighted by atomic mass is 16.5. The molecule has 0 saturated heterocycles. The zero-order valence-electron chi connectivity index (χ0n) is 13.7. The van der Waals surface area contributed by atoms with Crippen molar-refractivity contribution in [3.63, 3.8) is 0 Å². The van der Waals surface area contributed by atoms with Crippen LogP contribution in [0.2, 0.25) is 0 Å². The molecule has 0 spiro atoms. The molecular formula is C21H15N3O. The van der Waals surface area contributed by atoms with Gasteiger partial charge in [-0.3, -0.25) is 0 Å². The SMILES string of the molecule is CN1C=CC=CC1=CC1=CC(=C(C#N)C#N)C=C(c2ccccc2)O1. The van der Waals surface area contributed by atoms with Crippen LogP contribution in [0, 0.1) is 22.7 Å². The maximum atomic E-state index is 9.21. The summed E-state index contributed by atoms with van der Waals surface area (Å²) >= 11 is 0. The first-order chi connectivity index (χ1) is 12.2. The Kier molecular flexibility index (Phi) is 4.65. The topological polar surface area (TPSA) is 60.0 Å². The van der Waals surface area contributed by atoms with E-state index in [9.17, 15) is 10.5 Å². The molecule has 0 atom stereocenters. The number of hydrogen-bond donors (Lipinski definition) is 0. The van der Waals surface area contributed by atoms with Crippen molar-refractivity contribution >= 4 is 5.76 Å². The lowest BCUT2D eigenvalue weighted by Gasteiger charge is -2.21. The molecule has 0 saturated carbocycles. The first-order valence-corrected chi connectivity index (χ1v) is 7.72. The maximum absolute atomic E-state index is 9.21. The molecule has 0 aliphatic carbocycles. The number of nitriles is 2. The van der Waals surface area contributed by atoms with Crippen molar-refractivity contribution in [1.82, 2.24) is 4.90 Å². The molecule has 120 valence electrons. The van der Waals surface area contributed by atoms with E-state index in [1.807, 2.05) is 84.9 Å². The number of nitrogens with zero attached hydrogens (tertiary/aromatic N) is 3. The second kappa shape index (κ2) is 7.21. The lowest BCUT2D eigenvalue weighted by atomic mass is 10.0. The molecular weight excluding hydrogens is 310 g/mol. The van der Waals surface area contributed by atoms with Gasteiger partial charge in [0, 0.05) is 36.2 Å². The van der Waals surface area contributed by atoms with Crippen LogP contribution < -0.4 is 0 Å². The van der Waals surface area contributed by atoms with Gasteiger partial charge in [0.25, 0.3) is 0 Å². The van der Waals surface area contributed by atoms with Crippen molar-refractivity contribution in [3.05, 3.63) is 101 Å². The summed E-state index contributed by atoms with van der Waals surface area (Å²) in [4.78, 5) is 1.96. The normalized spacial score (nSPS) is 17.3. The largest absolute Gasteiger partial charge is 0.457 e. The minimum atomic E-state index is 0.0556. The summed E-state index contributed by atoms with van der Waals surface area (Å²) < 4.78 is 6.00. The van der Waals surface area contributed by atoms with Crippen LogP contribution in [0.4, 0.5) is 0 Å². The van der Waals surface area contributed by atoms with Gasteiger partial charge in [0.1, 0.15) is 29.2 Å². The lowest BCUT2D eigenvalue weighted by Crippen LogP contribution is -2.11. The molecule has 2 aliphatic rings. The van der Waals surface area contributed by atoms with Crippen LogP contribution in [0.25, 0.3) is 5.76 Å².